The molecule has 0 N–H and O–H groups in total. The number of amides is 2. The van der Waals surface area contributed by atoms with Gasteiger partial charge in [-0.05, 0) is 50.5 Å². The van der Waals surface area contributed by atoms with Crippen molar-refractivity contribution in [2.24, 2.45) is 5.41 Å². The van der Waals surface area contributed by atoms with Crippen LogP contribution in [0.5, 0.6) is 0 Å². The average molecular weight is 392 g/mol. The van der Waals surface area contributed by atoms with Gasteiger partial charge >= 0.3 is 0 Å². The lowest BCUT2D eigenvalue weighted by Crippen LogP contribution is -2.47. The predicted octanol–water partition coefficient (Wildman–Crippen LogP) is 3.99. The molecule has 0 radical (unpaired) electrons. The standard InChI is InChI=1S/C24H29N3O2/c1-5-27-20-12-11-17(15-21(20)25(4)22(28)24(2,3)23(27)29)16-26-14-13-19(26)18-9-7-6-8-10-18/h6-12,15,19H,5,13-14,16H2,1-4H3. The van der Waals surface area contributed by atoms with Crippen molar-refractivity contribution in [2.45, 2.75) is 39.8 Å². The highest BCUT2D eigenvalue weighted by atomic mass is 16.2. The van der Waals surface area contributed by atoms with Gasteiger partial charge in [-0.3, -0.25) is 14.5 Å². The number of anilines is 2. The molecule has 5 heteroatoms. The number of carbonyl (C=O) groups is 2. The Labute approximate surface area is 172 Å². The third kappa shape index (κ3) is 3.23. The molecule has 1 atom stereocenters. The minimum absolute atomic E-state index is 0.143. The van der Waals surface area contributed by atoms with E-state index in [1.165, 1.54) is 12.0 Å². The van der Waals surface area contributed by atoms with Gasteiger partial charge in [0.15, 0.2) is 0 Å². The van der Waals surface area contributed by atoms with E-state index in [1.54, 1.807) is 30.7 Å². The van der Waals surface area contributed by atoms with Crippen LogP contribution in [0, 0.1) is 5.41 Å². The minimum atomic E-state index is -1.07. The Morgan fingerprint density at radius 2 is 1.72 bits per heavy atom. The van der Waals surface area contributed by atoms with Gasteiger partial charge in [0.2, 0.25) is 11.8 Å². The number of benzene rings is 2. The molecule has 0 saturated carbocycles. The SMILES string of the molecule is CCN1C(=O)C(C)(C)C(=O)N(C)c2cc(CN3CCC3c3ccccc3)ccc21. The summed E-state index contributed by atoms with van der Waals surface area (Å²) in [6.07, 6.45) is 1.17. The molecular weight excluding hydrogens is 362 g/mol. The van der Waals surface area contributed by atoms with E-state index in [0.29, 0.717) is 12.6 Å². The van der Waals surface area contributed by atoms with Gasteiger partial charge in [-0.25, -0.2) is 0 Å². The van der Waals surface area contributed by atoms with Gasteiger partial charge in [-0.2, -0.15) is 0 Å². The molecule has 0 bridgehead atoms. The fourth-order valence-corrected chi connectivity index (χ4v) is 4.46. The maximum atomic E-state index is 13.0. The van der Waals surface area contributed by atoms with Crippen molar-refractivity contribution in [3.8, 4) is 0 Å². The van der Waals surface area contributed by atoms with E-state index in [0.717, 1.165) is 30.0 Å². The molecule has 2 heterocycles. The summed E-state index contributed by atoms with van der Waals surface area (Å²) >= 11 is 0. The highest BCUT2D eigenvalue weighted by Gasteiger charge is 2.45. The Bertz CT molecular complexity index is 938. The van der Waals surface area contributed by atoms with E-state index in [1.807, 2.05) is 19.1 Å². The first-order valence-electron chi connectivity index (χ1n) is 10.4. The number of likely N-dealkylation sites (tertiary alicyclic amines) is 1. The van der Waals surface area contributed by atoms with Crippen LogP contribution in [0.2, 0.25) is 0 Å². The van der Waals surface area contributed by atoms with Gasteiger partial charge in [-0.15, -0.1) is 0 Å². The summed E-state index contributed by atoms with van der Waals surface area (Å²) < 4.78 is 0. The molecular formula is C24H29N3O2. The fraction of sp³-hybridized carbons (Fsp3) is 0.417. The van der Waals surface area contributed by atoms with Crippen molar-refractivity contribution in [3.63, 3.8) is 0 Å². The molecule has 4 rings (SSSR count). The summed E-state index contributed by atoms with van der Waals surface area (Å²) in [4.78, 5) is 31.9. The molecule has 2 aromatic carbocycles. The lowest BCUT2D eigenvalue weighted by Gasteiger charge is -2.41. The largest absolute Gasteiger partial charge is 0.313 e. The average Bonchev–Trinajstić information content (AvgIpc) is 2.76. The highest BCUT2D eigenvalue weighted by molar-refractivity contribution is 6.19. The smallest absolute Gasteiger partial charge is 0.242 e. The van der Waals surface area contributed by atoms with Crippen LogP contribution in [0.1, 0.15) is 44.4 Å². The summed E-state index contributed by atoms with van der Waals surface area (Å²) in [7, 11) is 1.77. The van der Waals surface area contributed by atoms with Crippen LogP contribution in [0.25, 0.3) is 0 Å². The molecule has 152 valence electrons. The third-order valence-electron chi connectivity index (χ3n) is 6.33. The van der Waals surface area contributed by atoms with E-state index < -0.39 is 5.41 Å². The zero-order valence-electron chi connectivity index (χ0n) is 17.7. The quantitative estimate of drug-likeness (QED) is 0.740. The molecule has 0 spiro atoms. The summed E-state index contributed by atoms with van der Waals surface area (Å²) in [5.41, 5.74) is 3.06. The number of carbonyl (C=O) groups excluding carboxylic acids is 2. The molecule has 1 unspecified atom stereocenters. The maximum absolute atomic E-state index is 13.0. The van der Waals surface area contributed by atoms with Gasteiger partial charge in [0.05, 0.1) is 11.4 Å². The zero-order valence-corrected chi connectivity index (χ0v) is 17.7. The molecule has 2 aliphatic heterocycles. The number of fused-ring (bicyclic) bond motifs is 1. The Hall–Kier alpha value is -2.66. The van der Waals surface area contributed by atoms with E-state index in [4.69, 9.17) is 0 Å². The van der Waals surface area contributed by atoms with Crippen LogP contribution < -0.4 is 9.80 Å². The van der Waals surface area contributed by atoms with Crippen molar-refractivity contribution >= 4 is 23.2 Å². The summed E-state index contributed by atoms with van der Waals surface area (Å²) in [5, 5.41) is 0. The molecule has 2 aromatic rings. The number of nitrogens with zero attached hydrogens (tertiary/aromatic N) is 3. The maximum Gasteiger partial charge on any atom is 0.242 e. The molecule has 0 aromatic heterocycles. The first-order chi connectivity index (χ1) is 13.8. The first-order valence-corrected chi connectivity index (χ1v) is 10.4. The third-order valence-corrected chi connectivity index (χ3v) is 6.33. The van der Waals surface area contributed by atoms with Crippen molar-refractivity contribution < 1.29 is 9.59 Å². The molecule has 29 heavy (non-hydrogen) atoms. The summed E-state index contributed by atoms with van der Waals surface area (Å²) in [6, 6.07) is 17.2. The normalized spacial score (nSPS) is 21.6. The monoisotopic (exact) mass is 391 g/mol. The van der Waals surface area contributed by atoms with Crippen LogP contribution in [0.3, 0.4) is 0 Å². The lowest BCUT2D eigenvalue weighted by atomic mass is 9.90. The number of hydrogen-bond acceptors (Lipinski definition) is 3. The van der Waals surface area contributed by atoms with Gasteiger partial charge in [-0.1, -0.05) is 36.4 Å². The Morgan fingerprint density at radius 3 is 2.34 bits per heavy atom. The van der Waals surface area contributed by atoms with Crippen molar-refractivity contribution in [1.29, 1.82) is 0 Å². The second kappa shape index (κ2) is 7.30. The van der Waals surface area contributed by atoms with Gasteiger partial charge in [0, 0.05) is 32.7 Å². The van der Waals surface area contributed by atoms with E-state index >= 15 is 0 Å². The number of rotatable bonds is 4. The summed E-state index contributed by atoms with van der Waals surface area (Å²) in [6.45, 7) is 7.82. The van der Waals surface area contributed by atoms with Crippen molar-refractivity contribution in [3.05, 3.63) is 59.7 Å². The van der Waals surface area contributed by atoms with Crippen molar-refractivity contribution in [1.82, 2.24) is 4.90 Å². The predicted molar refractivity (Wildman–Crippen MR) is 116 cm³/mol. The van der Waals surface area contributed by atoms with Crippen LogP contribution in [-0.4, -0.2) is 36.9 Å². The minimum Gasteiger partial charge on any atom is -0.313 e. The zero-order chi connectivity index (χ0) is 20.8. The topological polar surface area (TPSA) is 43.9 Å². The molecule has 2 aliphatic rings. The lowest BCUT2D eigenvalue weighted by molar-refractivity contribution is -0.137. The highest BCUT2D eigenvalue weighted by Crippen LogP contribution is 2.40. The number of hydrogen-bond donors (Lipinski definition) is 0. The van der Waals surface area contributed by atoms with Gasteiger partial charge in [0.25, 0.3) is 0 Å². The molecule has 1 saturated heterocycles. The molecule has 1 fully saturated rings. The van der Waals surface area contributed by atoms with Crippen LogP contribution in [-0.2, 0) is 16.1 Å². The molecule has 0 aliphatic carbocycles. The molecule has 2 amide bonds. The fourth-order valence-electron chi connectivity index (χ4n) is 4.46. The first kappa shape index (κ1) is 19.6. The second-order valence-corrected chi connectivity index (χ2v) is 8.55. The summed E-state index contributed by atoms with van der Waals surface area (Å²) in [5.74, 6) is -0.307. The Kier molecular flexibility index (Phi) is 4.95. The van der Waals surface area contributed by atoms with Crippen LogP contribution >= 0.6 is 0 Å². The van der Waals surface area contributed by atoms with E-state index in [9.17, 15) is 9.59 Å². The Morgan fingerprint density at radius 1 is 1.00 bits per heavy atom. The van der Waals surface area contributed by atoms with Gasteiger partial charge in [0.1, 0.15) is 5.41 Å². The molecule has 5 nitrogen and oxygen atoms in total. The Balaban J connectivity index is 1.64. The van der Waals surface area contributed by atoms with E-state index in [2.05, 4.69) is 41.3 Å². The van der Waals surface area contributed by atoms with E-state index in [-0.39, 0.29) is 11.8 Å². The second-order valence-electron chi connectivity index (χ2n) is 8.55. The van der Waals surface area contributed by atoms with Gasteiger partial charge < -0.3 is 9.80 Å². The van der Waals surface area contributed by atoms with Crippen LogP contribution in [0.4, 0.5) is 11.4 Å². The van der Waals surface area contributed by atoms with Crippen molar-refractivity contribution in [2.75, 3.05) is 29.9 Å². The van der Waals surface area contributed by atoms with Crippen LogP contribution in [0.15, 0.2) is 48.5 Å².